The van der Waals surface area contributed by atoms with E-state index in [2.05, 4.69) is 28.7 Å². The van der Waals surface area contributed by atoms with Crippen LogP contribution in [0.1, 0.15) is 35.6 Å². The fourth-order valence-electron chi connectivity index (χ4n) is 3.63. The molecule has 1 aliphatic rings. The zero-order valence-electron chi connectivity index (χ0n) is 15.6. The second-order valence-electron chi connectivity index (χ2n) is 6.94. The summed E-state index contributed by atoms with van der Waals surface area (Å²) in [4.78, 5) is 2.24. The number of nitrogens with zero attached hydrogens (tertiary/aromatic N) is 1. The summed E-state index contributed by atoms with van der Waals surface area (Å²) in [7, 11) is 1.67. The summed E-state index contributed by atoms with van der Waals surface area (Å²) in [6.45, 7) is 1.51. The van der Waals surface area contributed by atoms with Crippen LogP contribution in [0.25, 0.3) is 0 Å². The fraction of sp³-hybridized carbons (Fsp3) is 0.429. The zero-order valence-corrected chi connectivity index (χ0v) is 15.6. The van der Waals surface area contributed by atoms with Crippen LogP contribution in [0, 0.1) is 0 Å². The van der Waals surface area contributed by atoms with Gasteiger partial charge in [0.25, 0.3) is 0 Å². The number of fused-ring (bicyclic) bond motifs is 1. The third-order valence-corrected chi connectivity index (χ3v) is 5.03. The van der Waals surface area contributed by atoms with E-state index in [9.17, 15) is 13.9 Å². The summed E-state index contributed by atoms with van der Waals surface area (Å²) in [6.07, 6.45) is 0.228. The number of rotatable bonds is 6. The SMILES string of the molecule is COc1ccc2c(c1)C(C)CN(CC(O)c1ccc(OC(F)F)cc1)CC2. The highest BCUT2D eigenvalue weighted by Gasteiger charge is 2.22. The molecule has 0 spiro atoms. The van der Waals surface area contributed by atoms with E-state index in [0.29, 0.717) is 18.0 Å². The van der Waals surface area contributed by atoms with Crippen LogP contribution < -0.4 is 9.47 Å². The Morgan fingerprint density at radius 3 is 2.52 bits per heavy atom. The Bertz CT molecular complexity index is 752. The molecule has 2 aromatic rings. The number of methoxy groups -OCH3 is 1. The van der Waals surface area contributed by atoms with Crippen molar-refractivity contribution in [2.45, 2.75) is 32.0 Å². The van der Waals surface area contributed by atoms with Crippen molar-refractivity contribution in [3.05, 3.63) is 59.2 Å². The van der Waals surface area contributed by atoms with E-state index in [1.807, 2.05) is 6.07 Å². The molecule has 0 saturated heterocycles. The lowest BCUT2D eigenvalue weighted by molar-refractivity contribution is -0.0498. The van der Waals surface area contributed by atoms with Crippen molar-refractivity contribution in [2.24, 2.45) is 0 Å². The van der Waals surface area contributed by atoms with Gasteiger partial charge in [-0.3, -0.25) is 4.90 Å². The van der Waals surface area contributed by atoms with Crippen molar-refractivity contribution < 1.29 is 23.4 Å². The lowest BCUT2D eigenvalue weighted by Gasteiger charge is -2.25. The maximum absolute atomic E-state index is 12.2. The van der Waals surface area contributed by atoms with Gasteiger partial charge in [-0.05, 0) is 53.3 Å². The Hall–Kier alpha value is -2.18. The monoisotopic (exact) mass is 377 g/mol. The molecule has 4 nitrogen and oxygen atoms in total. The van der Waals surface area contributed by atoms with Crippen molar-refractivity contribution in [2.75, 3.05) is 26.7 Å². The van der Waals surface area contributed by atoms with E-state index in [1.54, 1.807) is 19.2 Å². The van der Waals surface area contributed by atoms with Crippen molar-refractivity contribution in [1.82, 2.24) is 4.90 Å². The second-order valence-corrected chi connectivity index (χ2v) is 6.94. The molecule has 6 heteroatoms. The highest BCUT2D eigenvalue weighted by atomic mass is 19.3. The molecule has 1 aliphatic heterocycles. The van der Waals surface area contributed by atoms with Crippen molar-refractivity contribution in [1.29, 1.82) is 0 Å². The van der Waals surface area contributed by atoms with Gasteiger partial charge in [0.15, 0.2) is 0 Å². The minimum atomic E-state index is -2.85. The lowest BCUT2D eigenvalue weighted by atomic mass is 9.95. The number of aliphatic hydroxyl groups is 1. The van der Waals surface area contributed by atoms with Gasteiger partial charge in [-0.1, -0.05) is 25.1 Å². The normalized spacial score (nSPS) is 18.7. The minimum absolute atomic E-state index is 0.0914. The smallest absolute Gasteiger partial charge is 0.387 e. The van der Waals surface area contributed by atoms with Gasteiger partial charge in [0.05, 0.1) is 13.2 Å². The molecular formula is C21H25F2NO3. The van der Waals surface area contributed by atoms with E-state index < -0.39 is 12.7 Å². The average Bonchev–Trinajstić information content (AvgIpc) is 2.80. The maximum atomic E-state index is 12.2. The Kier molecular flexibility index (Phi) is 6.29. The maximum Gasteiger partial charge on any atom is 0.387 e. The Morgan fingerprint density at radius 2 is 1.85 bits per heavy atom. The molecule has 0 saturated carbocycles. The third kappa shape index (κ3) is 4.96. The molecule has 2 unspecified atom stereocenters. The number of alkyl halides is 2. The fourth-order valence-corrected chi connectivity index (χ4v) is 3.63. The van der Waals surface area contributed by atoms with Gasteiger partial charge in [-0.25, -0.2) is 0 Å². The van der Waals surface area contributed by atoms with E-state index in [1.165, 1.54) is 23.3 Å². The Balaban J connectivity index is 1.64. The van der Waals surface area contributed by atoms with Crippen LogP contribution >= 0.6 is 0 Å². The van der Waals surface area contributed by atoms with Gasteiger partial charge in [0, 0.05) is 19.6 Å². The minimum Gasteiger partial charge on any atom is -0.497 e. The topological polar surface area (TPSA) is 41.9 Å². The van der Waals surface area contributed by atoms with Crippen LogP contribution in [-0.4, -0.2) is 43.4 Å². The van der Waals surface area contributed by atoms with E-state index >= 15 is 0 Å². The molecule has 0 aliphatic carbocycles. The summed E-state index contributed by atoms with van der Waals surface area (Å²) in [5.41, 5.74) is 3.29. The van der Waals surface area contributed by atoms with Gasteiger partial charge < -0.3 is 14.6 Å². The molecule has 3 rings (SSSR count). The molecule has 0 bridgehead atoms. The number of benzene rings is 2. The van der Waals surface area contributed by atoms with Gasteiger partial charge in [0.2, 0.25) is 0 Å². The van der Waals surface area contributed by atoms with Crippen LogP contribution in [0.4, 0.5) is 8.78 Å². The van der Waals surface area contributed by atoms with E-state index in [4.69, 9.17) is 4.74 Å². The number of hydrogen-bond acceptors (Lipinski definition) is 4. The predicted molar refractivity (Wildman–Crippen MR) is 99.6 cm³/mol. The summed E-state index contributed by atoms with van der Waals surface area (Å²) in [6, 6.07) is 12.4. The lowest BCUT2D eigenvalue weighted by Crippen LogP contribution is -2.32. The highest BCUT2D eigenvalue weighted by Crippen LogP contribution is 2.30. The highest BCUT2D eigenvalue weighted by molar-refractivity contribution is 5.39. The molecular weight excluding hydrogens is 352 g/mol. The number of aliphatic hydroxyl groups excluding tert-OH is 1. The molecule has 0 radical (unpaired) electrons. The molecule has 1 N–H and O–H groups in total. The molecule has 1 heterocycles. The van der Waals surface area contributed by atoms with Gasteiger partial charge >= 0.3 is 6.61 Å². The number of β-amino-alcohol motifs (C(OH)–C–C–N with tert-alkyl or cyclic N) is 1. The van der Waals surface area contributed by atoms with Crippen molar-refractivity contribution >= 4 is 0 Å². The summed E-state index contributed by atoms with van der Waals surface area (Å²) in [5.74, 6) is 1.28. The van der Waals surface area contributed by atoms with Crippen molar-refractivity contribution in [3.63, 3.8) is 0 Å². The third-order valence-electron chi connectivity index (χ3n) is 5.03. The number of hydrogen-bond donors (Lipinski definition) is 1. The molecule has 2 atom stereocenters. The Labute approximate surface area is 158 Å². The first kappa shape index (κ1) is 19.6. The number of ether oxygens (including phenoxy) is 2. The van der Waals surface area contributed by atoms with Crippen LogP contribution in [-0.2, 0) is 6.42 Å². The quantitative estimate of drug-likeness (QED) is 0.827. The second kappa shape index (κ2) is 8.67. The van der Waals surface area contributed by atoms with E-state index in [0.717, 1.165) is 25.3 Å². The summed E-state index contributed by atoms with van der Waals surface area (Å²) >= 11 is 0. The molecule has 146 valence electrons. The van der Waals surface area contributed by atoms with Crippen LogP contribution in [0.2, 0.25) is 0 Å². The first-order valence-electron chi connectivity index (χ1n) is 9.08. The Morgan fingerprint density at radius 1 is 1.15 bits per heavy atom. The molecule has 2 aromatic carbocycles. The summed E-state index contributed by atoms with van der Waals surface area (Å²) in [5, 5.41) is 10.6. The summed E-state index contributed by atoms with van der Waals surface area (Å²) < 4.78 is 34.2. The first-order valence-corrected chi connectivity index (χ1v) is 9.08. The molecule has 0 aromatic heterocycles. The number of halogens is 2. The van der Waals surface area contributed by atoms with Gasteiger partial charge in [-0.15, -0.1) is 0 Å². The van der Waals surface area contributed by atoms with Crippen LogP contribution in [0.15, 0.2) is 42.5 Å². The van der Waals surface area contributed by atoms with Gasteiger partial charge in [0.1, 0.15) is 11.5 Å². The molecule has 0 fully saturated rings. The van der Waals surface area contributed by atoms with Crippen molar-refractivity contribution in [3.8, 4) is 11.5 Å². The van der Waals surface area contributed by atoms with Crippen LogP contribution in [0.5, 0.6) is 11.5 Å². The van der Waals surface area contributed by atoms with Crippen LogP contribution in [0.3, 0.4) is 0 Å². The molecule has 27 heavy (non-hydrogen) atoms. The van der Waals surface area contributed by atoms with Gasteiger partial charge in [-0.2, -0.15) is 8.78 Å². The average molecular weight is 377 g/mol. The zero-order chi connectivity index (χ0) is 19.4. The first-order chi connectivity index (χ1) is 13.0. The molecule has 0 amide bonds. The standard InChI is InChI=1S/C21H25F2NO3/c1-14-12-24(10-9-15-3-8-18(26-2)11-19(14)15)13-20(25)16-4-6-17(7-5-16)27-21(22)23/h3-8,11,14,20-21,25H,9-10,12-13H2,1-2H3. The van der Waals surface area contributed by atoms with E-state index in [-0.39, 0.29) is 5.75 Å². The largest absolute Gasteiger partial charge is 0.497 e. The predicted octanol–water partition coefficient (Wildman–Crippen LogP) is 3.99.